The van der Waals surface area contributed by atoms with Gasteiger partial charge < -0.3 is 9.47 Å². The lowest BCUT2D eigenvalue weighted by atomic mass is 10.4. The lowest BCUT2D eigenvalue weighted by Gasteiger charge is -2.13. The summed E-state index contributed by atoms with van der Waals surface area (Å²) in [6.45, 7) is 1.51. The van der Waals surface area contributed by atoms with Crippen molar-refractivity contribution in [1.82, 2.24) is 9.80 Å². The van der Waals surface area contributed by atoms with Crippen LogP contribution in [0.5, 0.6) is 0 Å². The van der Waals surface area contributed by atoms with Gasteiger partial charge in [-0.3, -0.25) is 19.4 Å². The fourth-order valence-corrected chi connectivity index (χ4v) is 4.59. The van der Waals surface area contributed by atoms with Gasteiger partial charge in [-0.05, 0) is 0 Å². The van der Waals surface area contributed by atoms with E-state index in [1.165, 1.54) is 9.80 Å². The Hall–Kier alpha value is -0.520. The van der Waals surface area contributed by atoms with E-state index < -0.39 is 0 Å². The van der Waals surface area contributed by atoms with Gasteiger partial charge in [0.05, 0.1) is 36.1 Å². The molecule has 0 aliphatic carbocycles. The van der Waals surface area contributed by atoms with E-state index >= 15 is 0 Å². The van der Waals surface area contributed by atoms with Crippen molar-refractivity contribution >= 4 is 68.4 Å². The van der Waals surface area contributed by atoms with Crippen molar-refractivity contribution in [2.75, 3.05) is 40.5 Å². The largest absolute Gasteiger partial charge is 0.383 e. The number of thioether (sulfide) groups is 2. The van der Waals surface area contributed by atoms with Crippen molar-refractivity contribution in [3.8, 4) is 0 Å². The summed E-state index contributed by atoms with van der Waals surface area (Å²) in [4.78, 5) is 28.4. The maximum Gasteiger partial charge on any atom is 0.267 e. The lowest BCUT2D eigenvalue weighted by molar-refractivity contribution is -0.125. The second-order valence-corrected chi connectivity index (χ2v) is 7.58. The normalized spacial score (nSPS) is 22.5. The van der Waals surface area contributed by atoms with E-state index in [-0.39, 0.29) is 11.8 Å². The molecular formula is C12H14N2O4S4. The van der Waals surface area contributed by atoms with Gasteiger partial charge in [0, 0.05) is 14.2 Å². The number of hydrogen-bond acceptors (Lipinski definition) is 8. The molecule has 0 N–H and O–H groups in total. The molecule has 6 nitrogen and oxygen atoms in total. The van der Waals surface area contributed by atoms with Crippen LogP contribution in [0.1, 0.15) is 0 Å². The molecule has 0 unspecified atom stereocenters. The van der Waals surface area contributed by atoms with Gasteiger partial charge in [-0.1, -0.05) is 48.0 Å². The third-order valence-corrected chi connectivity index (χ3v) is 5.97. The van der Waals surface area contributed by atoms with Crippen LogP contribution in [0.2, 0.25) is 0 Å². The van der Waals surface area contributed by atoms with Gasteiger partial charge in [-0.2, -0.15) is 0 Å². The molecule has 120 valence electrons. The molecule has 2 fully saturated rings. The Morgan fingerprint density at radius 2 is 1.23 bits per heavy atom. The molecule has 2 amide bonds. The first-order chi connectivity index (χ1) is 10.5. The Morgan fingerprint density at radius 1 is 0.864 bits per heavy atom. The summed E-state index contributed by atoms with van der Waals surface area (Å²) in [6, 6.07) is 0. The first-order valence-electron chi connectivity index (χ1n) is 6.30. The van der Waals surface area contributed by atoms with Crippen LogP contribution >= 0.6 is 48.0 Å². The quantitative estimate of drug-likeness (QED) is 0.505. The molecule has 2 heterocycles. The molecule has 10 heteroatoms. The summed E-state index contributed by atoms with van der Waals surface area (Å²) < 4.78 is 10.8. The van der Waals surface area contributed by atoms with Gasteiger partial charge in [-0.25, -0.2) is 0 Å². The number of thiocarbonyl (C=S) groups is 2. The third-order valence-electron chi connectivity index (χ3n) is 2.94. The van der Waals surface area contributed by atoms with Crippen molar-refractivity contribution in [2.45, 2.75) is 0 Å². The Kier molecular flexibility index (Phi) is 6.36. The molecular weight excluding hydrogens is 364 g/mol. The molecule has 0 aromatic carbocycles. The van der Waals surface area contributed by atoms with Gasteiger partial charge >= 0.3 is 0 Å². The number of rotatable bonds is 6. The topological polar surface area (TPSA) is 59.1 Å². The molecule has 0 atom stereocenters. The van der Waals surface area contributed by atoms with E-state index in [9.17, 15) is 9.59 Å². The molecule has 22 heavy (non-hydrogen) atoms. The fourth-order valence-electron chi connectivity index (χ4n) is 1.82. The van der Waals surface area contributed by atoms with Crippen molar-refractivity contribution in [1.29, 1.82) is 0 Å². The molecule has 0 spiro atoms. The molecule has 2 saturated heterocycles. The zero-order chi connectivity index (χ0) is 16.3. The van der Waals surface area contributed by atoms with Crippen LogP contribution < -0.4 is 0 Å². The predicted octanol–water partition coefficient (Wildman–Crippen LogP) is 1.21. The Morgan fingerprint density at radius 3 is 1.55 bits per heavy atom. The van der Waals surface area contributed by atoms with E-state index in [2.05, 4.69) is 0 Å². The minimum atomic E-state index is -0.265. The summed E-state index contributed by atoms with van der Waals surface area (Å²) in [7, 11) is 3.11. The predicted molar refractivity (Wildman–Crippen MR) is 94.6 cm³/mol. The van der Waals surface area contributed by atoms with Gasteiger partial charge in [0.2, 0.25) is 0 Å². The van der Waals surface area contributed by atoms with Gasteiger partial charge in [0.1, 0.15) is 8.64 Å². The first-order valence-corrected chi connectivity index (χ1v) is 8.75. The van der Waals surface area contributed by atoms with Gasteiger partial charge in [0.25, 0.3) is 11.8 Å². The van der Waals surface area contributed by atoms with Crippen LogP contribution in [0.15, 0.2) is 9.81 Å². The smallest absolute Gasteiger partial charge is 0.267 e. The molecule has 0 radical (unpaired) electrons. The monoisotopic (exact) mass is 378 g/mol. The number of methoxy groups -OCH3 is 2. The molecule has 2 aliphatic rings. The summed E-state index contributed by atoms with van der Waals surface area (Å²) in [5, 5.41) is 0. The van der Waals surface area contributed by atoms with Crippen molar-refractivity contribution in [3.05, 3.63) is 9.81 Å². The van der Waals surface area contributed by atoms with E-state index in [0.717, 1.165) is 23.5 Å². The average molecular weight is 379 g/mol. The zero-order valence-electron chi connectivity index (χ0n) is 12.0. The Balaban J connectivity index is 2.21. The van der Waals surface area contributed by atoms with Gasteiger partial charge in [-0.15, -0.1) is 0 Å². The SMILES string of the molecule is COCCN1C(=O)/C(=C2\SC(=S)N(CCOC)C2=O)SC1=S. The Bertz CT molecular complexity index is 515. The molecule has 0 bridgehead atoms. The van der Waals surface area contributed by atoms with Crippen LogP contribution in [0.3, 0.4) is 0 Å². The number of hydrogen-bond donors (Lipinski definition) is 0. The maximum absolute atomic E-state index is 12.4. The first kappa shape index (κ1) is 17.8. The number of ether oxygens (including phenoxy) is 2. The molecule has 0 aromatic heterocycles. The molecule has 2 rings (SSSR count). The summed E-state index contributed by atoms with van der Waals surface area (Å²) in [5.74, 6) is -0.529. The summed E-state index contributed by atoms with van der Waals surface area (Å²) in [6.07, 6.45) is 0. The van der Waals surface area contributed by atoms with Crippen LogP contribution in [-0.2, 0) is 19.1 Å². The summed E-state index contributed by atoms with van der Waals surface area (Å²) in [5.41, 5.74) is 0. The van der Waals surface area contributed by atoms with E-state index in [1.807, 2.05) is 0 Å². The van der Waals surface area contributed by atoms with Gasteiger partial charge in [0.15, 0.2) is 0 Å². The second kappa shape index (κ2) is 7.84. The molecule has 0 aromatic rings. The number of nitrogens with zero attached hydrogens (tertiary/aromatic N) is 2. The number of carbonyl (C=O) groups excluding carboxylic acids is 2. The Labute approximate surface area is 147 Å². The van der Waals surface area contributed by atoms with E-state index in [1.54, 1.807) is 14.2 Å². The highest BCUT2D eigenvalue weighted by molar-refractivity contribution is 8.29. The lowest BCUT2D eigenvalue weighted by Crippen LogP contribution is -2.33. The van der Waals surface area contributed by atoms with E-state index in [4.69, 9.17) is 33.9 Å². The number of amides is 2. The molecule has 0 saturated carbocycles. The minimum Gasteiger partial charge on any atom is -0.383 e. The average Bonchev–Trinajstić information content (AvgIpc) is 2.92. The van der Waals surface area contributed by atoms with Crippen molar-refractivity contribution in [2.24, 2.45) is 0 Å². The van der Waals surface area contributed by atoms with Crippen LogP contribution in [-0.4, -0.2) is 70.8 Å². The van der Waals surface area contributed by atoms with Crippen LogP contribution in [0.25, 0.3) is 0 Å². The van der Waals surface area contributed by atoms with Crippen LogP contribution in [0, 0.1) is 0 Å². The highest BCUT2D eigenvalue weighted by Crippen LogP contribution is 2.41. The minimum absolute atomic E-state index is 0.265. The third kappa shape index (κ3) is 3.52. The van der Waals surface area contributed by atoms with Crippen molar-refractivity contribution in [3.63, 3.8) is 0 Å². The standard InChI is InChI=1S/C12H14N2O4S4/c1-17-5-3-13-9(15)7(21-11(13)19)8-10(16)14(4-6-18-2)12(20)22-8/h3-6H2,1-2H3/b8-7+. The number of carbonyl (C=O) groups is 2. The maximum atomic E-state index is 12.4. The van der Waals surface area contributed by atoms with Crippen molar-refractivity contribution < 1.29 is 19.1 Å². The molecule has 2 aliphatic heterocycles. The van der Waals surface area contributed by atoms with Crippen LogP contribution in [0.4, 0.5) is 0 Å². The highest BCUT2D eigenvalue weighted by atomic mass is 32.2. The second-order valence-electron chi connectivity index (χ2n) is 4.29. The van der Waals surface area contributed by atoms with E-state index in [0.29, 0.717) is 44.8 Å². The summed E-state index contributed by atoms with van der Waals surface area (Å²) >= 11 is 12.7. The fraction of sp³-hybridized carbons (Fsp3) is 0.500. The zero-order valence-corrected chi connectivity index (χ0v) is 15.3. The highest BCUT2D eigenvalue weighted by Gasteiger charge is 2.41.